The summed E-state index contributed by atoms with van der Waals surface area (Å²) in [4.78, 5) is 11.8. The van der Waals surface area contributed by atoms with Gasteiger partial charge in [0, 0.05) is 41.4 Å². The van der Waals surface area contributed by atoms with Crippen molar-refractivity contribution in [2.45, 2.75) is 26.2 Å². The molecule has 0 bridgehead atoms. The number of piperidine rings is 1. The zero-order valence-corrected chi connectivity index (χ0v) is 15.4. The van der Waals surface area contributed by atoms with Gasteiger partial charge in [0.2, 0.25) is 5.95 Å². The molecule has 2 aromatic heterocycles. The molecule has 4 aromatic rings. The lowest BCUT2D eigenvalue weighted by molar-refractivity contribution is 0.577. The van der Waals surface area contributed by atoms with Gasteiger partial charge in [0.15, 0.2) is 0 Å². The van der Waals surface area contributed by atoms with E-state index in [1.807, 2.05) is 30.6 Å². The molecule has 2 N–H and O–H groups in total. The first kappa shape index (κ1) is 16.1. The largest absolute Gasteiger partial charge is 0.371 e. The second-order valence-corrected chi connectivity index (χ2v) is 7.19. The minimum atomic E-state index is 0.611. The van der Waals surface area contributed by atoms with Gasteiger partial charge >= 0.3 is 0 Å². The first-order valence-electron chi connectivity index (χ1n) is 9.49. The molecular weight excluding hydrogens is 336 g/mol. The highest BCUT2D eigenvalue weighted by molar-refractivity contribution is 5.87. The van der Waals surface area contributed by atoms with Gasteiger partial charge in [-0.05, 0) is 62.1 Å². The first-order valence-corrected chi connectivity index (χ1v) is 9.49. The van der Waals surface area contributed by atoms with Crippen LogP contribution in [0.2, 0.25) is 0 Å². The van der Waals surface area contributed by atoms with Crippen LogP contribution >= 0.6 is 0 Å². The van der Waals surface area contributed by atoms with E-state index in [1.54, 1.807) is 0 Å². The number of benzene rings is 2. The van der Waals surface area contributed by atoms with Crippen LogP contribution in [-0.2, 0) is 0 Å². The van der Waals surface area contributed by atoms with Crippen LogP contribution < -0.4 is 10.2 Å². The van der Waals surface area contributed by atoms with Crippen LogP contribution in [0.5, 0.6) is 0 Å². The van der Waals surface area contributed by atoms with Crippen molar-refractivity contribution in [3.05, 3.63) is 48.3 Å². The number of aromatic nitrogens is 4. The lowest BCUT2D eigenvalue weighted by Gasteiger charge is -2.30. The zero-order valence-electron chi connectivity index (χ0n) is 15.4. The molecule has 0 amide bonds. The van der Waals surface area contributed by atoms with Crippen LogP contribution in [0, 0.1) is 6.92 Å². The van der Waals surface area contributed by atoms with Crippen molar-refractivity contribution in [1.82, 2.24) is 20.2 Å². The van der Waals surface area contributed by atoms with Gasteiger partial charge in [-0.25, -0.2) is 9.97 Å². The monoisotopic (exact) mass is 358 g/mol. The third-order valence-electron chi connectivity index (χ3n) is 5.37. The van der Waals surface area contributed by atoms with Gasteiger partial charge in [-0.15, -0.1) is 0 Å². The fraction of sp³-hybridized carbons (Fsp3) is 0.286. The number of H-pyrrole nitrogens is 1. The highest BCUT2D eigenvalue weighted by Crippen LogP contribution is 2.30. The van der Waals surface area contributed by atoms with E-state index in [4.69, 9.17) is 4.98 Å². The minimum absolute atomic E-state index is 0.611. The number of nitrogens with zero attached hydrogens (tertiary/aromatic N) is 4. The Morgan fingerprint density at radius 1 is 1.00 bits per heavy atom. The summed E-state index contributed by atoms with van der Waals surface area (Å²) in [6.07, 6.45) is 7.58. The van der Waals surface area contributed by atoms with E-state index in [-0.39, 0.29) is 0 Å². The maximum absolute atomic E-state index is 4.82. The van der Waals surface area contributed by atoms with Crippen LogP contribution in [0.4, 0.5) is 17.3 Å². The van der Waals surface area contributed by atoms with E-state index in [2.05, 4.69) is 44.5 Å². The molecule has 0 saturated carbocycles. The van der Waals surface area contributed by atoms with E-state index in [1.165, 1.54) is 30.5 Å². The van der Waals surface area contributed by atoms with Gasteiger partial charge < -0.3 is 10.2 Å². The summed E-state index contributed by atoms with van der Waals surface area (Å²) < 4.78 is 0. The molecule has 1 aliphatic rings. The van der Waals surface area contributed by atoms with Crippen LogP contribution in [0.25, 0.3) is 21.8 Å². The third-order valence-corrected chi connectivity index (χ3v) is 5.37. The normalized spacial score (nSPS) is 14.8. The minimum Gasteiger partial charge on any atom is -0.371 e. The van der Waals surface area contributed by atoms with E-state index in [0.717, 1.165) is 40.6 Å². The predicted octanol–water partition coefficient (Wildman–Crippen LogP) is 4.55. The molecule has 1 aliphatic heterocycles. The summed E-state index contributed by atoms with van der Waals surface area (Å²) in [6.45, 7) is 4.43. The zero-order chi connectivity index (χ0) is 18.2. The number of hydrogen-bond donors (Lipinski definition) is 2. The Labute approximate surface area is 157 Å². The Balaban J connectivity index is 1.50. The summed E-state index contributed by atoms with van der Waals surface area (Å²) >= 11 is 0. The molecule has 5 rings (SSSR count). The highest BCUT2D eigenvalue weighted by atomic mass is 15.1. The average molecular weight is 358 g/mol. The second-order valence-electron chi connectivity index (χ2n) is 7.19. The van der Waals surface area contributed by atoms with Crippen molar-refractivity contribution in [2.75, 3.05) is 23.3 Å². The van der Waals surface area contributed by atoms with Crippen LogP contribution in [-0.4, -0.2) is 33.3 Å². The lowest BCUT2D eigenvalue weighted by atomic mass is 10.1. The number of fused-ring (bicyclic) bond motifs is 2. The molecule has 6 heteroatoms. The maximum atomic E-state index is 4.82. The topological polar surface area (TPSA) is 69.7 Å². The smallest absolute Gasteiger partial charge is 0.227 e. The molecule has 136 valence electrons. The highest BCUT2D eigenvalue weighted by Gasteiger charge is 2.15. The van der Waals surface area contributed by atoms with E-state index < -0.39 is 0 Å². The third kappa shape index (κ3) is 2.97. The van der Waals surface area contributed by atoms with Gasteiger partial charge in [0.1, 0.15) is 0 Å². The van der Waals surface area contributed by atoms with Crippen molar-refractivity contribution >= 4 is 39.1 Å². The summed E-state index contributed by atoms with van der Waals surface area (Å²) in [5.41, 5.74) is 5.47. The predicted molar refractivity (Wildman–Crippen MR) is 110 cm³/mol. The molecule has 3 heterocycles. The SMILES string of the molecule is Cc1c(N2CCCCC2)ccc2cnc(Nc3ccc4cn[nH]c4c3)nc12. The maximum Gasteiger partial charge on any atom is 0.227 e. The Morgan fingerprint density at radius 3 is 2.74 bits per heavy atom. The molecule has 1 fully saturated rings. The van der Waals surface area contributed by atoms with Crippen LogP contribution in [0.3, 0.4) is 0 Å². The molecular formula is C21H22N6. The number of nitrogens with one attached hydrogen (secondary N) is 2. The number of hydrogen-bond acceptors (Lipinski definition) is 5. The number of aromatic amines is 1. The molecule has 0 aliphatic carbocycles. The quantitative estimate of drug-likeness (QED) is 0.562. The van der Waals surface area contributed by atoms with Gasteiger partial charge in [-0.2, -0.15) is 5.10 Å². The van der Waals surface area contributed by atoms with Crippen LogP contribution in [0.15, 0.2) is 42.7 Å². The van der Waals surface area contributed by atoms with Crippen molar-refractivity contribution in [2.24, 2.45) is 0 Å². The lowest BCUT2D eigenvalue weighted by Crippen LogP contribution is -2.30. The van der Waals surface area contributed by atoms with Gasteiger partial charge in [-0.1, -0.05) is 0 Å². The van der Waals surface area contributed by atoms with Crippen molar-refractivity contribution in [3.63, 3.8) is 0 Å². The molecule has 0 spiro atoms. The molecule has 2 aromatic carbocycles. The fourth-order valence-corrected chi connectivity index (χ4v) is 3.91. The van der Waals surface area contributed by atoms with Crippen LogP contribution in [0.1, 0.15) is 24.8 Å². The Morgan fingerprint density at radius 2 is 1.85 bits per heavy atom. The van der Waals surface area contributed by atoms with Crippen molar-refractivity contribution in [1.29, 1.82) is 0 Å². The second kappa shape index (κ2) is 6.54. The summed E-state index contributed by atoms with van der Waals surface area (Å²) in [5.74, 6) is 0.611. The van der Waals surface area contributed by atoms with Crippen molar-refractivity contribution in [3.8, 4) is 0 Å². The van der Waals surface area contributed by atoms with Gasteiger partial charge in [0.05, 0.1) is 17.2 Å². The molecule has 6 nitrogen and oxygen atoms in total. The Hall–Kier alpha value is -3.15. The fourth-order valence-electron chi connectivity index (χ4n) is 3.91. The summed E-state index contributed by atoms with van der Waals surface area (Å²) in [5, 5.41) is 12.5. The average Bonchev–Trinajstić information content (AvgIpc) is 3.17. The van der Waals surface area contributed by atoms with Gasteiger partial charge in [-0.3, -0.25) is 5.10 Å². The van der Waals surface area contributed by atoms with E-state index in [0.29, 0.717) is 5.95 Å². The standard InChI is InChI=1S/C21H22N6/c1-14-19(27-9-3-2-4-10-27)8-6-16-12-22-21(25-20(14)16)24-17-7-5-15-13-23-26-18(15)11-17/h5-8,11-13H,2-4,9-10H2,1H3,(H,23,26)(H,22,24,25). The number of aryl methyl sites for hydroxylation is 1. The number of rotatable bonds is 3. The van der Waals surface area contributed by atoms with Crippen molar-refractivity contribution < 1.29 is 0 Å². The molecule has 1 saturated heterocycles. The molecule has 0 unspecified atom stereocenters. The summed E-state index contributed by atoms with van der Waals surface area (Å²) in [7, 11) is 0. The summed E-state index contributed by atoms with van der Waals surface area (Å²) in [6, 6.07) is 10.4. The Kier molecular flexibility index (Phi) is 3.89. The molecule has 27 heavy (non-hydrogen) atoms. The Bertz CT molecular complexity index is 1110. The van der Waals surface area contributed by atoms with E-state index >= 15 is 0 Å². The first-order chi connectivity index (χ1) is 13.3. The van der Waals surface area contributed by atoms with E-state index in [9.17, 15) is 0 Å². The molecule has 0 radical (unpaired) electrons. The number of anilines is 3. The molecule has 0 atom stereocenters. The van der Waals surface area contributed by atoms with Gasteiger partial charge in [0.25, 0.3) is 0 Å².